The first kappa shape index (κ1) is 18.0. The SMILES string of the molecule is O=C(NCc1ccc(-c2ccc3c(c2)CCO3)cc1)c1cc2c([nH]1)CCCNC2. The van der Waals surface area contributed by atoms with Crippen LogP contribution in [0, 0.1) is 0 Å². The number of nitrogens with one attached hydrogen (secondary N) is 3. The Hall–Kier alpha value is -3.05. The monoisotopic (exact) mass is 387 g/mol. The number of H-pyrrole nitrogens is 1. The van der Waals surface area contributed by atoms with Gasteiger partial charge < -0.3 is 20.4 Å². The number of carbonyl (C=O) groups is 1. The third kappa shape index (κ3) is 3.78. The highest BCUT2D eigenvalue weighted by atomic mass is 16.5. The van der Waals surface area contributed by atoms with Crippen molar-refractivity contribution in [3.63, 3.8) is 0 Å². The normalized spacial score (nSPS) is 15.2. The molecule has 0 fully saturated rings. The van der Waals surface area contributed by atoms with Crippen LogP contribution in [0.2, 0.25) is 0 Å². The number of hydrogen-bond acceptors (Lipinski definition) is 3. The highest BCUT2D eigenvalue weighted by molar-refractivity contribution is 5.92. The van der Waals surface area contributed by atoms with E-state index in [1.165, 1.54) is 27.9 Å². The summed E-state index contributed by atoms with van der Waals surface area (Å²) in [5.74, 6) is 0.950. The molecule has 0 aliphatic carbocycles. The van der Waals surface area contributed by atoms with E-state index in [4.69, 9.17) is 4.74 Å². The Labute approximate surface area is 170 Å². The molecule has 148 valence electrons. The fraction of sp³-hybridized carbons (Fsp3) is 0.292. The number of carbonyl (C=O) groups excluding carboxylic acids is 1. The van der Waals surface area contributed by atoms with Gasteiger partial charge in [-0.3, -0.25) is 4.79 Å². The average Bonchev–Trinajstić information content (AvgIpc) is 3.33. The van der Waals surface area contributed by atoms with Crippen LogP contribution in [0.25, 0.3) is 11.1 Å². The number of fused-ring (bicyclic) bond motifs is 2. The predicted octanol–water partition coefficient (Wildman–Crippen LogP) is 3.58. The minimum Gasteiger partial charge on any atom is -0.493 e. The molecular weight excluding hydrogens is 362 g/mol. The molecule has 0 radical (unpaired) electrons. The lowest BCUT2D eigenvalue weighted by Gasteiger charge is -2.07. The number of benzene rings is 2. The topological polar surface area (TPSA) is 66.1 Å². The molecule has 3 N–H and O–H groups in total. The first-order valence-corrected chi connectivity index (χ1v) is 10.3. The average molecular weight is 387 g/mol. The van der Waals surface area contributed by atoms with E-state index in [-0.39, 0.29) is 5.91 Å². The summed E-state index contributed by atoms with van der Waals surface area (Å²) in [4.78, 5) is 15.8. The fourth-order valence-electron chi connectivity index (χ4n) is 4.12. The summed E-state index contributed by atoms with van der Waals surface area (Å²) in [6.45, 7) is 3.14. The van der Waals surface area contributed by atoms with Crippen LogP contribution in [0.5, 0.6) is 5.75 Å². The Morgan fingerprint density at radius 3 is 2.76 bits per heavy atom. The van der Waals surface area contributed by atoms with E-state index in [1.54, 1.807) is 0 Å². The maximum absolute atomic E-state index is 12.5. The number of hydrogen-bond donors (Lipinski definition) is 3. The summed E-state index contributed by atoms with van der Waals surface area (Å²) in [6.07, 6.45) is 3.07. The van der Waals surface area contributed by atoms with Gasteiger partial charge >= 0.3 is 0 Å². The van der Waals surface area contributed by atoms with Gasteiger partial charge in [0.15, 0.2) is 0 Å². The van der Waals surface area contributed by atoms with Gasteiger partial charge in [0.25, 0.3) is 5.91 Å². The van der Waals surface area contributed by atoms with E-state index in [9.17, 15) is 4.79 Å². The Morgan fingerprint density at radius 2 is 1.86 bits per heavy atom. The maximum Gasteiger partial charge on any atom is 0.267 e. The molecular formula is C24H25N3O2. The van der Waals surface area contributed by atoms with Crippen molar-refractivity contribution in [3.05, 3.63) is 76.6 Å². The molecule has 1 aromatic heterocycles. The second-order valence-electron chi connectivity index (χ2n) is 7.77. The standard InChI is InChI=1S/C24H25N3O2/c28-24(22-13-20-15-25-10-1-2-21(20)27-22)26-14-16-3-5-17(6-4-16)18-7-8-23-19(12-18)9-11-29-23/h3-8,12-13,25,27H,1-2,9-11,14-15H2,(H,26,28). The van der Waals surface area contributed by atoms with Crippen LogP contribution >= 0.6 is 0 Å². The largest absolute Gasteiger partial charge is 0.493 e. The summed E-state index contributed by atoms with van der Waals surface area (Å²) in [5.41, 5.74) is 7.78. The molecule has 0 atom stereocenters. The van der Waals surface area contributed by atoms with Crippen LogP contribution in [-0.2, 0) is 25.9 Å². The number of rotatable bonds is 4. The van der Waals surface area contributed by atoms with E-state index < -0.39 is 0 Å². The van der Waals surface area contributed by atoms with E-state index in [2.05, 4.69) is 58.1 Å². The summed E-state index contributed by atoms with van der Waals surface area (Å²) in [5, 5.41) is 6.41. The van der Waals surface area contributed by atoms with Gasteiger partial charge in [0, 0.05) is 25.2 Å². The number of aromatic amines is 1. The van der Waals surface area contributed by atoms with Crippen molar-refractivity contribution in [1.82, 2.24) is 15.6 Å². The van der Waals surface area contributed by atoms with E-state index in [0.29, 0.717) is 12.2 Å². The van der Waals surface area contributed by atoms with Gasteiger partial charge in [-0.1, -0.05) is 30.3 Å². The summed E-state index contributed by atoms with van der Waals surface area (Å²) < 4.78 is 5.59. The lowest BCUT2D eigenvalue weighted by atomic mass is 10.0. The number of aryl methyl sites for hydroxylation is 1. The summed E-state index contributed by atoms with van der Waals surface area (Å²) >= 11 is 0. The van der Waals surface area contributed by atoms with Gasteiger partial charge in [0.1, 0.15) is 11.4 Å². The van der Waals surface area contributed by atoms with Gasteiger partial charge in [-0.25, -0.2) is 0 Å². The Kier molecular flexibility index (Phi) is 4.82. The minimum atomic E-state index is -0.0548. The van der Waals surface area contributed by atoms with Crippen LogP contribution in [0.1, 0.15) is 39.3 Å². The third-order valence-corrected chi connectivity index (χ3v) is 5.76. The van der Waals surface area contributed by atoms with Crippen LogP contribution in [0.15, 0.2) is 48.5 Å². The van der Waals surface area contributed by atoms with Crippen LogP contribution in [0.4, 0.5) is 0 Å². The smallest absolute Gasteiger partial charge is 0.267 e. The lowest BCUT2D eigenvalue weighted by Crippen LogP contribution is -2.23. The van der Waals surface area contributed by atoms with E-state index in [0.717, 1.165) is 50.3 Å². The Morgan fingerprint density at radius 1 is 1.00 bits per heavy atom. The molecule has 0 bridgehead atoms. The van der Waals surface area contributed by atoms with E-state index >= 15 is 0 Å². The van der Waals surface area contributed by atoms with Crippen LogP contribution < -0.4 is 15.4 Å². The molecule has 2 aliphatic heterocycles. The highest BCUT2D eigenvalue weighted by Gasteiger charge is 2.15. The molecule has 0 spiro atoms. The zero-order valence-corrected chi connectivity index (χ0v) is 16.4. The maximum atomic E-state index is 12.5. The second-order valence-corrected chi connectivity index (χ2v) is 7.77. The molecule has 2 aromatic carbocycles. The first-order valence-electron chi connectivity index (χ1n) is 10.3. The number of ether oxygens (including phenoxy) is 1. The van der Waals surface area contributed by atoms with Crippen molar-refractivity contribution in [1.29, 1.82) is 0 Å². The highest BCUT2D eigenvalue weighted by Crippen LogP contribution is 2.30. The fourth-order valence-corrected chi connectivity index (χ4v) is 4.12. The zero-order chi connectivity index (χ0) is 19.6. The van der Waals surface area contributed by atoms with Gasteiger partial charge in [-0.15, -0.1) is 0 Å². The Balaban J connectivity index is 1.23. The van der Waals surface area contributed by atoms with Gasteiger partial charge in [-0.2, -0.15) is 0 Å². The molecule has 0 saturated heterocycles. The predicted molar refractivity (Wildman–Crippen MR) is 113 cm³/mol. The van der Waals surface area contributed by atoms with Crippen molar-refractivity contribution in [3.8, 4) is 16.9 Å². The molecule has 5 nitrogen and oxygen atoms in total. The molecule has 0 saturated carbocycles. The van der Waals surface area contributed by atoms with Crippen LogP contribution in [-0.4, -0.2) is 24.0 Å². The molecule has 0 unspecified atom stereocenters. The zero-order valence-electron chi connectivity index (χ0n) is 16.4. The molecule has 29 heavy (non-hydrogen) atoms. The number of amides is 1. The van der Waals surface area contributed by atoms with Gasteiger partial charge in [0.2, 0.25) is 0 Å². The number of aromatic nitrogens is 1. The van der Waals surface area contributed by atoms with Crippen molar-refractivity contribution in [2.24, 2.45) is 0 Å². The summed E-state index contributed by atoms with van der Waals surface area (Å²) in [7, 11) is 0. The Bertz CT molecular complexity index is 1010. The minimum absolute atomic E-state index is 0.0548. The van der Waals surface area contributed by atoms with Gasteiger partial charge in [-0.05, 0) is 65.4 Å². The second kappa shape index (κ2) is 7.76. The van der Waals surface area contributed by atoms with E-state index in [1.807, 2.05) is 6.07 Å². The van der Waals surface area contributed by atoms with Crippen molar-refractivity contribution < 1.29 is 9.53 Å². The van der Waals surface area contributed by atoms with Gasteiger partial charge in [0.05, 0.1) is 6.61 Å². The lowest BCUT2D eigenvalue weighted by molar-refractivity contribution is 0.0946. The summed E-state index contributed by atoms with van der Waals surface area (Å²) in [6, 6.07) is 16.7. The van der Waals surface area contributed by atoms with Crippen molar-refractivity contribution in [2.75, 3.05) is 13.2 Å². The first-order chi connectivity index (χ1) is 14.3. The van der Waals surface area contributed by atoms with Crippen molar-refractivity contribution in [2.45, 2.75) is 32.4 Å². The van der Waals surface area contributed by atoms with Crippen molar-refractivity contribution >= 4 is 5.91 Å². The molecule has 3 heterocycles. The molecule has 3 aromatic rings. The molecule has 5 heteroatoms. The molecule has 5 rings (SSSR count). The van der Waals surface area contributed by atoms with Crippen LogP contribution in [0.3, 0.4) is 0 Å². The molecule has 1 amide bonds. The quantitative estimate of drug-likeness (QED) is 0.641. The third-order valence-electron chi connectivity index (χ3n) is 5.76. The molecule has 2 aliphatic rings.